The summed E-state index contributed by atoms with van der Waals surface area (Å²) in [7, 11) is 0. The van der Waals surface area contributed by atoms with Gasteiger partial charge in [0.2, 0.25) is 0 Å². The topological polar surface area (TPSA) is 49.3 Å². The van der Waals surface area contributed by atoms with E-state index in [1.807, 2.05) is 0 Å². The van der Waals surface area contributed by atoms with Crippen molar-refractivity contribution in [3.63, 3.8) is 0 Å². The molecule has 1 aromatic carbocycles. The number of benzene rings is 1. The Morgan fingerprint density at radius 1 is 1.45 bits per heavy atom. The van der Waals surface area contributed by atoms with Crippen molar-refractivity contribution in [3.05, 3.63) is 29.8 Å². The molecule has 11 heavy (non-hydrogen) atoms. The molecule has 0 radical (unpaired) electrons. The molecule has 0 saturated carbocycles. The summed E-state index contributed by atoms with van der Waals surface area (Å²) in [6.07, 6.45) is 0. The van der Waals surface area contributed by atoms with E-state index in [1.54, 1.807) is 6.07 Å². The Morgan fingerprint density at radius 2 is 2.09 bits per heavy atom. The highest BCUT2D eigenvalue weighted by Gasteiger charge is 2.07. The Labute approximate surface area is 62.4 Å². The van der Waals surface area contributed by atoms with Gasteiger partial charge in [-0.25, -0.2) is 10.3 Å². The highest BCUT2D eigenvalue weighted by Crippen LogP contribution is 2.14. The summed E-state index contributed by atoms with van der Waals surface area (Å²) in [6, 6.07) is 5.76. The van der Waals surface area contributed by atoms with Crippen LogP contribution in [0.2, 0.25) is 0 Å². The molecule has 3 nitrogen and oxygen atoms in total. The molecule has 1 rings (SSSR count). The molecule has 1 aromatic rings. The molecule has 0 aromatic heterocycles. The minimum atomic E-state index is -1.15. The molecule has 58 valence electrons. The van der Waals surface area contributed by atoms with Gasteiger partial charge in [-0.05, 0) is 12.1 Å². The normalized spacial score (nSPS) is 9.18. The van der Waals surface area contributed by atoms with Crippen molar-refractivity contribution in [2.75, 3.05) is 5.54 Å². The number of carboxylic acid groups (broad SMARTS) is 1. The third-order valence-corrected chi connectivity index (χ3v) is 1.26. The van der Waals surface area contributed by atoms with Crippen LogP contribution < -0.4 is 5.54 Å². The summed E-state index contributed by atoms with van der Waals surface area (Å²) >= 11 is 0. The maximum atomic E-state index is 11.8. The Morgan fingerprint density at radius 3 is 2.55 bits per heavy atom. The lowest BCUT2D eigenvalue weighted by molar-refractivity contribution is 0.0697. The van der Waals surface area contributed by atoms with Crippen molar-refractivity contribution in [3.8, 4) is 0 Å². The van der Waals surface area contributed by atoms with Crippen LogP contribution in [-0.4, -0.2) is 11.1 Å². The number of aromatic carboxylic acids is 1. The van der Waals surface area contributed by atoms with Crippen molar-refractivity contribution in [2.24, 2.45) is 0 Å². The molecule has 0 atom stereocenters. The molecule has 0 aliphatic heterocycles. The molecule has 0 aliphatic rings. The van der Waals surface area contributed by atoms with Gasteiger partial charge in [0.25, 0.3) is 0 Å². The number of rotatable bonds is 2. The second-order valence-corrected chi connectivity index (χ2v) is 1.95. The number of nitrogens with one attached hydrogen (secondary N) is 1. The zero-order valence-corrected chi connectivity index (χ0v) is 5.54. The molecule has 2 N–H and O–H groups in total. The lowest BCUT2D eigenvalue weighted by Gasteiger charge is -1.99. The van der Waals surface area contributed by atoms with Gasteiger partial charge < -0.3 is 5.11 Å². The van der Waals surface area contributed by atoms with Gasteiger partial charge in [0.05, 0.1) is 11.3 Å². The van der Waals surface area contributed by atoms with Crippen molar-refractivity contribution in [2.45, 2.75) is 0 Å². The maximum Gasteiger partial charge on any atom is 0.337 e. The van der Waals surface area contributed by atoms with E-state index in [2.05, 4.69) is 0 Å². The van der Waals surface area contributed by atoms with Crippen LogP contribution in [0.5, 0.6) is 0 Å². The molecule has 0 spiro atoms. The van der Waals surface area contributed by atoms with E-state index in [0.717, 1.165) is 0 Å². The zero-order valence-electron chi connectivity index (χ0n) is 5.54. The smallest absolute Gasteiger partial charge is 0.337 e. The van der Waals surface area contributed by atoms with Crippen LogP contribution in [0.3, 0.4) is 0 Å². The summed E-state index contributed by atoms with van der Waals surface area (Å²) in [4.78, 5) is 10.4. The van der Waals surface area contributed by atoms with Crippen LogP contribution in [0.15, 0.2) is 24.3 Å². The van der Waals surface area contributed by atoms with Gasteiger partial charge in [0.1, 0.15) is 0 Å². The molecule has 0 fully saturated rings. The van der Waals surface area contributed by atoms with Gasteiger partial charge in [0.15, 0.2) is 0 Å². The maximum absolute atomic E-state index is 11.8. The van der Waals surface area contributed by atoms with Crippen molar-refractivity contribution >= 4 is 11.7 Å². The van der Waals surface area contributed by atoms with Crippen LogP contribution in [0.1, 0.15) is 10.4 Å². The van der Waals surface area contributed by atoms with Gasteiger partial charge >= 0.3 is 5.97 Å². The number of hydrogen-bond acceptors (Lipinski definition) is 2. The van der Waals surface area contributed by atoms with Crippen LogP contribution in [0.4, 0.5) is 10.2 Å². The molecule has 0 bridgehead atoms. The first-order valence-electron chi connectivity index (χ1n) is 2.94. The number of para-hydroxylation sites is 1. The van der Waals surface area contributed by atoms with Gasteiger partial charge in [0, 0.05) is 0 Å². The van der Waals surface area contributed by atoms with Gasteiger partial charge in [-0.15, -0.1) is 4.48 Å². The predicted molar refractivity (Wildman–Crippen MR) is 38.1 cm³/mol. The van der Waals surface area contributed by atoms with Crippen LogP contribution in [0, 0.1) is 0 Å². The minimum absolute atomic E-state index is 0.0278. The SMILES string of the molecule is O=C(O)c1ccccc1NF. The first-order valence-corrected chi connectivity index (χ1v) is 2.94. The largest absolute Gasteiger partial charge is 0.478 e. The van der Waals surface area contributed by atoms with E-state index in [0.29, 0.717) is 0 Å². The van der Waals surface area contributed by atoms with E-state index in [9.17, 15) is 9.28 Å². The van der Waals surface area contributed by atoms with Crippen LogP contribution in [-0.2, 0) is 0 Å². The number of halogens is 1. The highest BCUT2D eigenvalue weighted by atomic mass is 19.2. The number of carboxylic acids is 1. The van der Waals surface area contributed by atoms with Crippen LogP contribution in [0.25, 0.3) is 0 Å². The average molecular weight is 155 g/mol. The summed E-state index contributed by atoms with van der Waals surface area (Å²) in [5, 5.41) is 8.49. The molecule has 4 heteroatoms. The number of carbonyl (C=O) groups is 1. The predicted octanol–water partition coefficient (Wildman–Crippen LogP) is 1.68. The minimum Gasteiger partial charge on any atom is -0.478 e. The fourth-order valence-corrected chi connectivity index (χ4v) is 0.752. The van der Waals surface area contributed by atoms with E-state index in [1.165, 1.54) is 23.7 Å². The van der Waals surface area contributed by atoms with Crippen molar-refractivity contribution < 1.29 is 14.4 Å². The lowest BCUT2D eigenvalue weighted by atomic mass is 10.2. The van der Waals surface area contributed by atoms with E-state index in [-0.39, 0.29) is 11.3 Å². The number of anilines is 1. The molecule has 0 aliphatic carbocycles. The molecule has 0 heterocycles. The van der Waals surface area contributed by atoms with Gasteiger partial charge in [-0.3, -0.25) is 0 Å². The van der Waals surface area contributed by atoms with Crippen molar-refractivity contribution in [1.29, 1.82) is 0 Å². The fraction of sp³-hybridized carbons (Fsp3) is 0. The fourth-order valence-electron chi connectivity index (χ4n) is 0.752. The first kappa shape index (κ1) is 7.53. The van der Waals surface area contributed by atoms with E-state index in [4.69, 9.17) is 5.11 Å². The van der Waals surface area contributed by atoms with Crippen LogP contribution >= 0.6 is 0 Å². The van der Waals surface area contributed by atoms with Gasteiger partial charge in [-0.2, -0.15) is 0 Å². The number of hydrogen-bond donors (Lipinski definition) is 2. The summed E-state index contributed by atoms with van der Waals surface area (Å²) < 4.78 is 11.8. The summed E-state index contributed by atoms with van der Waals surface area (Å²) in [6.45, 7) is 0. The average Bonchev–Trinajstić information content (AvgIpc) is 2.04. The van der Waals surface area contributed by atoms with E-state index >= 15 is 0 Å². The standard InChI is InChI=1S/C7H6FNO2/c8-9-6-4-2-1-3-5(6)7(10)11/h1-4,9H,(H,10,11). The first-order chi connectivity index (χ1) is 5.25. The highest BCUT2D eigenvalue weighted by molar-refractivity contribution is 5.93. The third kappa shape index (κ3) is 1.46. The molecule has 0 unspecified atom stereocenters. The second kappa shape index (κ2) is 3.01. The molecule has 0 saturated heterocycles. The van der Waals surface area contributed by atoms with Gasteiger partial charge in [-0.1, -0.05) is 12.1 Å². The summed E-state index contributed by atoms with van der Waals surface area (Å²) in [5.74, 6) is -1.15. The molecular formula is C7H6FNO2. The molecular weight excluding hydrogens is 149 g/mol. The Kier molecular flexibility index (Phi) is 2.06. The molecule has 0 amide bonds. The Hall–Kier alpha value is -1.58. The second-order valence-electron chi connectivity index (χ2n) is 1.95. The monoisotopic (exact) mass is 155 g/mol. The Bertz CT molecular complexity index is 275. The Balaban J connectivity index is 3.12. The summed E-state index contributed by atoms with van der Waals surface area (Å²) in [5.41, 5.74) is 1.19. The third-order valence-electron chi connectivity index (χ3n) is 1.26. The van der Waals surface area contributed by atoms with Crippen molar-refractivity contribution in [1.82, 2.24) is 0 Å². The zero-order chi connectivity index (χ0) is 8.27. The lowest BCUT2D eigenvalue weighted by Crippen LogP contribution is -1.99. The van der Waals surface area contributed by atoms with E-state index < -0.39 is 5.97 Å². The quantitative estimate of drug-likeness (QED) is 0.639.